The van der Waals surface area contributed by atoms with Crippen molar-refractivity contribution in [2.45, 2.75) is 45.6 Å². The standard InChI is InChI=1S/C14H22ClN3/c1-9(2)11-5-3-4-6-13(11)18-14-12(16)7-10(15)8-17-14/h7-9,11,13H,3-6,16H2,1-2H3,(H,17,18). The largest absolute Gasteiger partial charge is 0.396 e. The zero-order valence-corrected chi connectivity index (χ0v) is 11.9. The smallest absolute Gasteiger partial charge is 0.149 e. The molecule has 1 aliphatic rings. The van der Waals surface area contributed by atoms with Gasteiger partial charge >= 0.3 is 0 Å². The van der Waals surface area contributed by atoms with Gasteiger partial charge < -0.3 is 11.1 Å². The topological polar surface area (TPSA) is 50.9 Å². The Morgan fingerprint density at radius 1 is 1.39 bits per heavy atom. The Balaban J connectivity index is 2.11. The van der Waals surface area contributed by atoms with Crippen molar-refractivity contribution in [2.24, 2.45) is 11.8 Å². The van der Waals surface area contributed by atoms with Gasteiger partial charge in [0.15, 0.2) is 0 Å². The van der Waals surface area contributed by atoms with E-state index in [1.807, 2.05) is 0 Å². The predicted octanol–water partition coefficient (Wildman–Crippen LogP) is 3.94. The monoisotopic (exact) mass is 267 g/mol. The van der Waals surface area contributed by atoms with Crippen LogP contribution in [-0.2, 0) is 0 Å². The van der Waals surface area contributed by atoms with Gasteiger partial charge in [0.2, 0.25) is 0 Å². The SMILES string of the molecule is CC(C)C1CCCCC1Nc1ncc(Cl)cc1N. The van der Waals surface area contributed by atoms with Gasteiger partial charge in [-0.25, -0.2) is 4.98 Å². The molecule has 0 spiro atoms. The van der Waals surface area contributed by atoms with Gasteiger partial charge in [-0.3, -0.25) is 0 Å². The molecule has 1 heterocycles. The number of anilines is 2. The highest BCUT2D eigenvalue weighted by Gasteiger charge is 2.27. The van der Waals surface area contributed by atoms with Crippen LogP contribution >= 0.6 is 11.6 Å². The summed E-state index contributed by atoms with van der Waals surface area (Å²) >= 11 is 5.87. The lowest BCUT2D eigenvalue weighted by molar-refractivity contribution is 0.253. The molecule has 1 fully saturated rings. The highest BCUT2D eigenvalue weighted by Crippen LogP contribution is 2.33. The second-order valence-corrected chi connectivity index (χ2v) is 5.97. The van der Waals surface area contributed by atoms with Gasteiger partial charge in [-0.1, -0.05) is 38.3 Å². The third-order valence-electron chi connectivity index (χ3n) is 3.88. The molecule has 1 aromatic heterocycles. The second kappa shape index (κ2) is 5.79. The first-order chi connectivity index (χ1) is 8.58. The van der Waals surface area contributed by atoms with Crippen LogP contribution in [0, 0.1) is 11.8 Å². The maximum Gasteiger partial charge on any atom is 0.149 e. The number of halogens is 1. The molecule has 0 radical (unpaired) electrons. The quantitative estimate of drug-likeness (QED) is 0.872. The summed E-state index contributed by atoms with van der Waals surface area (Å²) in [4.78, 5) is 4.30. The maximum atomic E-state index is 5.95. The van der Waals surface area contributed by atoms with Crippen molar-refractivity contribution in [1.29, 1.82) is 0 Å². The summed E-state index contributed by atoms with van der Waals surface area (Å²) in [5.74, 6) is 2.17. The highest BCUT2D eigenvalue weighted by atomic mass is 35.5. The summed E-state index contributed by atoms with van der Waals surface area (Å²) < 4.78 is 0. The number of nitrogens with two attached hydrogens (primary N) is 1. The van der Waals surface area contributed by atoms with Crippen molar-refractivity contribution >= 4 is 23.1 Å². The van der Waals surface area contributed by atoms with E-state index in [0.717, 1.165) is 5.82 Å². The first kappa shape index (κ1) is 13.5. The molecule has 0 aliphatic heterocycles. The molecule has 0 aromatic carbocycles. The van der Waals surface area contributed by atoms with Crippen LogP contribution in [0.4, 0.5) is 11.5 Å². The summed E-state index contributed by atoms with van der Waals surface area (Å²) in [5, 5.41) is 4.10. The number of nitrogen functional groups attached to an aromatic ring is 1. The van der Waals surface area contributed by atoms with Crippen molar-refractivity contribution in [3.05, 3.63) is 17.3 Å². The molecule has 0 bridgehead atoms. The molecule has 1 aromatic rings. The number of pyridine rings is 1. The molecule has 1 saturated carbocycles. The lowest BCUT2D eigenvalue weighted by Crippen LogP contribution is -2.35. The summed E-state index contributed by atoms with van der Waals surface area (Å²) in [6.07, 6.45) is 6.77. The lowest BCUT2D eigenvalue weighted by Gasteiger charge is -2.35. The molecule has 1 aliphatic carbocycles. The Hall–Kier alpha value is -0.960. The van der Waals surface area contributed by atoms with Crippen LogP contribution in [0.25, 0.3) is 0 Å². The van der Waals surface area contributed by atoms with E-state index in [0.29, 0.717) is 28.6 Å². The molecule has 0 amide bonds. The van der Waals surface area contributed by atoms with Crippen LogP contribution in [0.15, 0.2) is 12.3 Å². The van der Waals surface area contributed by atoms with Crippen LogP contribution in [0.2, 0.25) is 5.02 Å². The van der Waals surface area contributed by atoms with E-state index in [1.165, 1.54) is 25.7 Å². The van der Waals surface area contributed by atoms with E-state index in [1.54, 1.807) is 12.3 Å². The molecule has 3 N–H and O–H groups in total. The van der Waals surface area contributed by atoms with Gasteiger partial charge in [0.25, 0.3) is 0 Å². The minimum absolute atomic E-state index is 0.481. The Kier molecular flexibility index (Phi) is 4.33. The van der Waals surface area contributed by atoms with Gasteiger partial charge in [0.05, 0.1) is 10.7 Å². The normalized spacial score (nSPS) is 24.2. The molecule has 2 atom stereocenters. The van der Waals surface area contributed by atoms with Gasteiger partial charge in [-0.05, 0) is 30.7 Å². The average Bonchev–Trinajstić information content (AvgIpc) is 2.33. The van der Waals surface area contributed by atoms with Crippen molar-refractivity contribution in [2.75, 3.05) is 11.1 Å². The molecular weight excluding hydrogens is 246 g/mol. The lowest BCUT2D eigenvalue weighted by atomic mass is 9.78. The van der Waals surface area contributed by atoms with Gasteiger partial charge in [0, 0.05) is 12.2 Å². The summed E-state index contributed by atoms with van der Waals surface area (Å²) in [6.45, 7) is 4.59. The Bertz CT molecular complexity index is 406. The fraction of sp³-hybridized carbons (Fsp3) is 0.643. The number of rotatable bonds is 3. The minimum Gasteiger partial charge on any atom is -0.396 e. The van der Waals surface area contributed by atoms with E-state index in [9.17, 15) is 0 Å². The van der Waals surface area contributed by atoms with E-state index in [4.69, 9.17) is 17.3 Å². The fourth-order valence-electron chi connectivity index (χ4n) is 2.89. The second-order valence-electron chi connectivity index (χ2n) is 5.53. The summed E-state index contributed by atoms with van der Waals surface area (Å²) in [6, 6.07) is 2.24. The Morgan fingerprint density at radius 2 is 2.11 bits per heavy atom. The first-order valence-electron chi connectivity index (χ1n) is 6.75. The third kappa shape index (κ3) is 3.08. The number of nitrogens with zero attached hydrogens (tertiary/aromatic N) is 1. The number of hydrogen-bond acceptors (Lipinski definition) is 3. The predicted molar refractivity (Wildman–Crippen MR) is 77.9 cm³/mol. The van der Waals surface area contributed by atoms with E-state index < -0.39 is 0 Å². The number of nitrogens with one attached hydrogen (secondary N) is 1. The van der Waals surface area contributed by atoms with Crippen molar-refractivity contribution in [3.8, 4) is 0 Å². The maximum absolute atomic E-state index is 5.95. The minimum atomic E-state index is 0.481. The van der Waals surface area contributed by atoms with Crippen LogP contribution in [0.5, 0.6) is 0 Å². The van der Waals surface area contributed by atoms with Crippen molar-refractivity contribution in [3.63, 3.8) is 0 Å². The van der Waals surface area contributed by atoms with Gasteiger partial charge in [-0.15, -0.1) is 0 Å². The first-order valence-corrected chi connectivity index (χ1v) is 7.13. The third-order valence-corrected chi connectivity index (χ3v) is 4.09. The highest BCUT2D eigenvalue weighted by molar-refractivity contribution is 6.30. The van der Waals surface area contributed by atoms with Crippen molar-refractivity contribution < 1.29 is 0 Å². The van der Waals surface area contributed by atoms with E-state index in [-0.39, 0.29) is 0 Å². The summed E-state index contributed by atoms with van der Waals surface area (Å²) in [5.41, 5.74) is 6.59. The number of hydrogen-bond donors (Lipinski definition) is 2. The molecule has 18 heavy (non-hydrogen) atoms. The average molecular weight is 268 g/mol. The zero-order valence-electron chi connectivity index (χ0n) is 11.1. The zero-order chi connectivity index (χ0) is 13.1. The van der Waals surface area contributed by atoms with E-state index in [2.05, 4.69) is 24.1 Å². The van der Waals surface area contributed by atoms with Crippen LogP contribution in [0.1, 0.15) is 39.5 Å². The van der Waals surface area contributed by atoms with Crippen LogP contribution in [0.3, 0.4) is 0 Å². The van der Waals surface area contributed by atoms with E-state index >= 15 is 0 Å². The number of aromatic nitrogens is 1. The van der Waals surface area contributed by atoms with Crippen LogP contribution < -0.4 is 11.1 Å². The fourth-order valence-corrected chi connectivity index (χ4v) is 3.05. The van der Waals surface area contributed by atoms with Gasteiger partial charge in [-0.2, -0.15) is 0 Å². The van der Waals surface area contributed by atoms with Crippen molar-refractivity contribution in [1.82, 2.24) is 4.98 Å². The molecule has 4 heteroatoms. The molecule has 2 unspecified atom stereocenters. The summed E-state index contributed by atoms with van der Waals surface area (Å²) in [7, 11) is 0. The van der Waals surface area contributed by atoms with Gasteiger partial charge in [0.1, 0.15) is 5.82 Å². The Morgan fingerprint density at radius 3 is 2.78 bits per heavy atom. The molecule has 3 nitrogen and oxygen atoms in total. The molecule has 100 valence electrons. The molecule has 0 saturated heterocycles. The van der Waals surface area contributed by atoms with Crippen LogP contribution in [-0.4, -0.2) is 11.0 Å². The Labute approximate surface area is 114 Å². The molecular formula is C14H22ClN3. The molecule has 2 rings (SSSR count).